The van der Waals surface area contributed by atoms with Gasteiger partial charge in [-0.1, -0.05) is 30.3 Å². The number of phenolic OH excluding ortho intramolecular Hbond substituents is 1. The van der Waals surface area contributed by atoms with Crippen LogP contribution in [0.4, 0.5) is 10.5 Å². The van der Waals surface area contributed by atoms with Gasteiger partial charge in [0.2, 0.25) is 11.8 Å². The van der Waals surface area contributed by atoms with Crippen molar-refractivity contribution in [3.05, 3.63) is 59.2 Å². The molecule has 5 N–H and O–H groups in total. The average Bonchev–Trinajstić information content (AvgIpc) is 2.82. The van der Waals surface area contributed by atoms with Gasteiger partial charge in [-0.3, -0.25) is 14.4 Å². The van der Waals surface area contributed by atoms with Crippen LogP contribution in [0, 0.1) is 13.8 Å². The van der Waals surface area contributed by atoms with Crippen LogP contribution >= 0.6 is 0 Å². The Hall–Kier alpha value is -4.08. The van der Waals surface area contributed by atoms with E-state index in [1.807, 2.05) is 32.0 Å². The normalized spacial score (nSPS) is 14.8. The number of alkyl carbamates (subject to hydrolysis) is 1. The first-order valence-corrected chi connectivity index (χ1v) is 13.5. The summed E-state index contributed by atoms with van der Waals surface area (Å²) in [5.41, 5.74) is 7.44. The van der Waals surface area contributed by atoms with Gasteiger partial charge in [0, 0.05) is 18.2 Å². The van der Waals surface area contributed by atoms with E-state index in [0.29, 0.717) is 24.1 Å². The molecule has 0 heterocycles. The number of ether oxygens (including phenoxy) is 1. The largest absolute Gasteiger partial charge is 0.508 e. The minimum absolute atomic E-state index is 0.0186. The minimum Gasteiger partial charge on any atom is -0.508 e. The number of anilines is 1. The van der Waals surface area contributed by atoms with Crippen LogP contribution in [0.2, 0.25) is 0 Å². The number of aryl methyl sites for hydroxylation is 2. The molecule has 3 rings (SSSR count). The summed E-state index contributed by atoms with van der Waals surface area (Å²) in [4.78, 5) is 54.1. The lowest BCUT2D eigenvalue weighted by Gasteiger charge is -2.43. The highest BCUT2D eigenvalue weighted by Gasteiger charge is 2.42. The van der Waals surface area contributed by atoms with Gasteiger partial charge in [0.15, 0.2) is 0 Å². The second-order valence-corrected chi connectivity index (χ2v) is 11.3. The molecule has 1 aliphatic carbocycles. The average molecular weight is 553 g/mol. The molecule has 1 aliphatic rings. The topological polar surface area (TPSA) is 151 Å². The molecule has 2 aromatic carbocycles. The quantitative estimate of drug-likeness (QED) is 0.346. The summed E-state index contributed by atoms with van der Waals surface area (Å²) in [6, 6.07) is 9.29. The van der Waals surface area contributed by atoms with E-state index in [4.69, 9.17) is 10.5 Å². The Balaban J connectivity index is 2.04. The predicted octanol–water partition coefficient (Wildman–Crippen LogP) is 4.23. The second kappa shape index (κ2) is 12.8. The van der Waals surface area contributed by atoms with Crippen molar-refractivity contribution in [3.8, 4) is 5.75 Å². The van der Waals surface area contributed by atoms with E-state index in [1.54, 1.807) is 32.9 Å². The first-order chi connectivity index (χ1) is 18.8. The van der Waals surface area contributed by atoms with Gasteiger partial charge in [0.25, 0.3) is 5.91 Å². The second-order valence-electron chi connectivity index (χ2n) is 11.3. The number of rotatable bonds is 10. The number of amides is 4. The molecule has 2 unspecified atom stereocenters. The molecule has 216 valence electrons. The monoisotopic (exact) mass is 552 g/mol. The minimum atomic E-state index is -1.16. The molecular weight excluding hydrogens is 512 g/mol. The highest BCUT2D eigenvalue weighted by atomic mass is 16.6. The van der Waals surface area contributed by atoms with Gasteiger partial charge in [0.1, 0.15) is 23.4 Å². The molecule has 1 fully saturated rings. The molecule has 40 heavy (non-hydrogen) atoms. The summed E-state index contributed by atoms with van der Waals surface area (Å²) in [7, 11) is 0. The highest BCUT2D eigenvalue weighted by molar-refractivity contribution is 6.00. The van der Waals surface area contributed by atoms with E-state index in [1.165, 1.54) is 17.0 Å². The Morgan fingerprint density at radius 3 is 2.15 bits per heavy atom. The number of nitrogens with two attached hydrogens (primary N) is 1. The van der Waals surface area contributed by atoms with Crippen molar-refractivity contribution in [1.29, 1.82) is 0 Å². The fourth-order valence-corrected chi connectivity index (χ4v) is 4.65. The van der Waals surface area contributed by atoms with E-state index in [-0.39, 0.29) is 24.6 Å². The van der Waals surface area contributed by atoms with E-state index in [2.05, 4.69) is 10.6 Å². The number of nitrogens with zero attached hydrogens (tertiary/aromatic N) is 1. The summed E-state index contributed by atoms with van der Waals surface area (Å²) < 4.78 is 5.37. The molecule has 0 bridgehead atoms. The number of para-hydroxylation sites is 1. The standard InChI is InChI=1S/C30H40N4O6/c1-18-8-6-9-19(2)25(18)33-27(37)26(20-12-14-22(35)15-13-20)34(21-10-7-11-21)28(38)23(16-17-24(31)36)32-29(39)40-30(3,4)5/h6,8-9,12-15,21,23,26,35H,7,10-11,16-17H2,1-5H3,(H2,31,36)(H,32,39)(H,33,37). The number of nitrogens with one attached hydrogen (secondary N) is 2. The third kappa shape index (κ3) is 7.97. The number of carbonyl (C=O) groups excluding carboxylic acids is 4. The van der Waals surface area contributed by atoms with Crippen LogP contribution < -0.4 is 16.4 Å². The number of benzene rings is 2. The van der Waals surface area contributed by atoms with Crippen LogP contribution in [0.1, 0.15) is 75.6 Å². The summed E-state index contributed by atoms with van der Waals surface area (Å²) in [5, 5.41) is 15.5. The van der Waals surface area contributed by atoms with Gasteiger partial charge in [-0.2, -0.15) is 0 Å². The van der Waals surface area contributed by atoms with Crippen molar-refractivity contribution in [2.75, 3.05) is 5.32 Å². The lowest BCUT2D eigenvalue weighted by Crippen LogP contribution is -2.57. The summed E-state index contributed by atoms with van der Waals surface area (Å²) in [5.74, 6) is -1.56. The molecule has 4 amide bonds. The van der Waals surface area contributed by atoms with Gasteiger partial charge in [-0.15, -0.1) is 0 Å². The van der Waals surface area contributed by atoms with Crippen molar-refractivity contribution in [1.82, 2.24) is 10.2 Å². The van der Waals surface area contributed by atoms with Crippen molar-refractivity contribution < 1.29 is 29.0 Å². The Kier molecular flexibility index (Phi) is 9.78. The molecule has 0 spiro atoms. The Morgan fingerprint density at radius 2 is 1.65 bits per heavy atom. The molecule has 0 radical (unpaired) electrons. The van der Waals surface area contributed by atoms with Gasteiger partial charge >= 0.3 is 6.09 Å². The van der Waals surface area contributed by atoms with Crippen molar-refractivity contribution >= 4 is 29.5 Å². The maximum atomic E-state index is 14.2. The van der Waals surface area contributed by atoms with Crippen LogP contribution in [0.15, 0.2) is 42.5 Å². The summed E-state index contributed by atoms with van der Waals surface area (Å²) in [6.07, 6.45) is 1.20. The molecule has 1 saturated carbocycles. The van der Waals surface area contributed by atoms with E-state index < -0.39 is 41.5 Å². The molecule has 0 aromatic heterocycles. The van der Waals surface area contributed by atoms with Gasteiger partial charge in [-0.25, -0.2) is 4.79 Å². The van der Waals surface area contributed by atoms with Crippen molar-refractivity contribution in [2.24, 2.45) is 5.73 Å². The van der Waals surface area contributed by atoms with Crippen LogP contribution in [0.25, 0.3) is 0 Å². The number of hydrogen-bond donors (Lipinski definition) is 4. The zero-order valence-electron chi connectivity index (χ0n) is 23.8. The third-order valence-corrected chi connectivity index (χ3v) is 6.86. The van der Waals surface area contributed by atoms with Crippen LogP contribution in [0.3, 0.4) is 0 Å². The Labute approximate surface area is 235 Å². The highest BCUT2D eigenvalue weighted by Crippen LogP contribution is 2.35. The predicted molar refractivity (Wildman–Crippen MR) is 151 cm³/mol. The summed E-state index contributed by atoms with van der Waals surface area (Å²) >= 11 is 0. The lowest BCUT2D eigenvalue weighted by atomic mass is 9.87. The van der Waals surface area contributed by atoms with Crippen LogP contribution in [0.5, 0.6) is 5.75 Å². The first-order valence-electron chi connectivity index (χ1n) is 13.5. The molecule has 2 aromatic rings. The zero-order chi connectivity index (χ0) is 29.6. The number of aromatic hydroxyl groups is 1. The van der Waals surface area contributed by atoms with Gasteiger partial charge in [-0.05, 0) is 89.1 Å². The fourth-order valence-electron chi connectivity index (χ4n) is 4.65. The van der Waals surface area contributed by atoms with E-state index in [9.17, 15) is 24.3 Å². The van der Waals surface area contributed by atoms with Crippen molar-refractivity contribution in [2.45, 2.75) is 90.4 Å². The van der Waals surface area contributed by atoms with Gasteiger partial charge in [0.05, 0.1) is 0 Å². The lowest BCUT2D eigenvalue weighted by molar-refractivity contribution is -0.146. The maximum Gasteiger partial charge on any atom is 0.408 e. The number of carbonyl (C=O) groups is 4. The van der Waals surface area contributed by atoms with Gasteiger partial charge < -0.3 is 31.1 Å². The first kappa shape index (κ1) is 30.5. The maximum absolute atomic E-state index is 14.2. The number of primary amides is 1. The zero-order valence-corrected chi connectivity index (χ0v) is 23.8. The third-order valence-electron chi connectivity index (χ3n) is 6.86. The van der Waals surface area contributed by atoms with E-state index in [0.717, 1.165) is 17.5 Å². The van der Waals surface area contributed by atoms with Crippen LogP contribution in [-0.2, 0) is 19.1 Å². The molecule has 10 heteroatoms. The van der Waals surface area contributed by atoms with Crippen molar-refractivity contribution in [3.63, 3.8) is 0 Å². The molecule has 10 nitrogen and oxygen atoms in total. The SMILES string of the molecule is Cc1cccc(C)c1NC(=O)C(c1ccc(O)cc1)N(C(=O)C(CCC(N)=O)NC(=O)OC(C)(C)C)C1CCC1. The molecular formula is C30H40N4O6. The van der Waals surface area contributed by atoms with Crippen LogP contribution in [-0.4, -0.2) is 51.5 Å². The molecule has 0 saturated heterocycles. The molecule has 2 atom stereocenters. The summed E-state index contributed by atoms with van der Waals surface area (Å²) in [6.45, 7) is 8.87. The Morgan fingerprint density at radius 1 is 1.05 bits per heavy atom. The molecule has 0 aliphatic heterocycles. The fraction of sp³-hybridized carbons (Fsp3) is 0.467. The number of hydrogen-bond acceptors (Lipinski definition) is 6. The number of phenols is 1. The Bertz CT molecular complexity index is 1210. The van der Waals surface area contributed by atoms with E-state index >= 15 is 0 Å². The smallest absolute Gasteiger partial charge is 0.408 e.